The second kappa shape index (κ2) is 3.73. The third-order valence-electron chi connectivity index (χ3n) is 5.07. The molecule has 2 aliphatic carbocycles. The van der Waals surface area contributed by atoms with Crippen LogP contribution in [0.15, 0.2) is 36.4 Å². The van der Waals surface area contributed by atoms with Crippen LogP contribution in [0.3, 0.4) is 0 Å². The summed E-state index contributed by atoms with van der Waals surface area (Å²) in [6, 6.07) is 13.3. The summed E-state index contributed by atoms with van der Waals surface area (Å²) < 4.78 is 0. The monoisotopic (exact) mass is 271 g/mol. The fourth-order valence-electron chi connectivity index (χ4n) is 4.00. The van der Waals surface area contributed by atoms with E-state index in [1.165, 1.54) is 62.8 Å². The number of fused-ring (bicyclic) bond motifs is 3. The van der Waals surface area contributed by atoms with E-state index < -0.39 is 0 Å². The van der Waals surface area contributed by atoms with Gasteiger partial charge in [-0.15, -0.1) is 0 Å². The molecule has 21 heavy (non-hydrogen) atoms. The maximum absolute atomic E-state index is 4.98. The largest absolute Gasteiger partial charge is 0.257 e. The van der Waals surface area contributed by atoms with Crippen LogP contribution in [0.4, 0.5) is 0 Å². The molecule has 0 bridgehead atoms. The molecule has 1 heterocycles. The van der Waals surface area contributed by atoms with E-state index in [0.717, 1.165) is 0 Å². The van der Waals surface area contributed by atoms with Crippen molar-refractivity contribution in [1.82, 2.24) is 4.98 Å². The Morgan fingerprint density at radius 2 is 1.57 bits per heavy atom. The second-order valence-corrected chi connectivity index (χ2v) is 6.44. The highest BCUT2D eigenvalue weighted by Gasteiger charge is 2.32. The molecule has 0 aliphatic heterocycles. The van der Waals surface area contributed by atoms with Gasteiger partial charge in [-0.1, -0.05) is 36.4 Å². The number of benzene rings is 2. The Balaban J connectivity index is 1.97. The Hall–Kier alpha value is -2.15. The molecular formula is C20H17N. The van der Waals surface area contributed by atoms with Gasteiger partial charge in [0.05, 0.1) is 0 Å². The van der Waals surface area contributed by atoms with Crippen LogP contribution in [-0.2, 0) is 0 Å². The highest BCUT2D eigenvalue weighted by atomic mass is 14.7. The average Bonchev–Trinajstić information content (AvgIpc) is 3.27. The van der Waals surface area contributed by atoms with Gasteiger partial charge in [0.25, 0.3) is 0 Å². The smallest absolute Gasteiger partial charge is 0.0473 e. The fraction of sp³-hybridized carbons (Fsp3) is 0.250. The lowest BCUT2D eigenvalue weighted by Gasteiger charge is -2.13. The van der Waals surface area contributed by atoms with E-state index in [1.54, 1.807) is 0 Å². The van der Waals surface area contributed by atoms with Gasteiger partial charge in [0, 0.05) is 22.9 Å². The molecule has 2 aliphatic rings. The lowest BCUT2D eigenvalue weighted by atomic mass is 9.95. The molecule has 0 saturated heterocycles. The number of aryl methyl sites for hydroxylation is 1. The van der Waals surface area contributed by atoms with Gasteiger partial charge in [0.15, 0.2) is 0 Å². The number of nitrogens with zero attached hydrogens (tertiary/aromatic N) is 1. The fourth-order valence-corrected chi connectivity index (χ4v) is 4.00. The van der Waals surface area contributed by atoms with Crippen LogP contribution in [0.5, 0.6) is 0 Å². The standard InChI is InChI=1S/C20H17N/c1-11-17-15-7-3-5-13-6-4-8-16(19(13)15)18(17)12(2)21-20(11)14-9-10-14/h3-8,14H,9-10H2,1-2H3. The van der Waals surface area contributed by atoms with Crippen LogP contribution in [0.1, 0.15) is 35.7 Å². The summed E-state index contributed by atoms with van der Waals surface area (Å²) in [7, 11) is 0. The summed E-state index contributed by atoms with van der Waals surface area (Å²) in [4.78, 5) is 4.98. The van der Waals surface area contributed by atoms with Gasteiger partial charge in [-0.25, -0.2) is 0 Å². The van der Waals surface area contributed by atoms with Gasteiger partial charge in [-0.2, -0.15) is 0 Å². The Morgan fingerprint density at radius 3 is 2.24 bits per heavy atom. The van der Waals surface area contributed by atoms with Crippen LogP contribution in [0.25, 0.3) is 33.0 Å². The first-order valence-electron chi connectivity index (χ1n) is 7.79. The molecule has 3 aromatic rings. The van der Waals surface area contributed by atoms with E-state index >= 15 is 0 Å². The van der Waals surface area contributed by atoms with Crippen LogP contribution in [0, 0.1) is 13.8 Å². The predicted octanol–water partition coefficient (Wildman–Crippen LogP) is 5.38. The molecule has 0 amide bonds. The summed E-state index contributed by atoms with van der Waals surface area (Å²) >= 11 is 0. The van der Waals surface area contributed by atoms with Crippen molar-refractivity contribution in [3.8, 4) is 22.3 Å². The molecule has 0 atom stereocenters. The van der Waals surface area contributed by atoms with E-state index in [0.29, 0.717) is 5.92 Å². The molecular weight excluding hydrogens is 254 g/mol. The molecule has 1 heteroatoms. The molecule has 1 aromatic heterocycles. The van der Waals surface area contributed by atoms with Crippen molar-refractivity contribution >= 4 is 10.8 Å². The van der Waals surface area contributed by atoms with Crippen LogP contribution < -0.4 is 0 Å². The minimum Gasteiger partial charge on any atom is -0.257 e. The van der Waals surface area contributed by atoms with Crippen LogP contribution in [0.2, 0.25) is 0 Å². The van der Waals surface area contributed by atoms with Gasteiger partial charge >= 0.3 is 0 Å². The van der Waals surface area contributed by atoms with Gasteiger partial charge in [-0.3, -0.25) is 4.98 Å². The number of pyridine rings is 1. The minimum atomic E-state index is 0.705. The zero-order valence-electron chi connectivity index (χ0n) is 12.4. The molecule has 0 radical (unpaired) electrons. The number of hydrogen-bond acceptors (Lipinski definition) is 1. The number of rotatable bonds is 1. The Bertz CT molecular complexity index is 912. The van der Waals surface area contributed by atoms with Crippen molar-refractivity contribution in [3.05, 3.63) is 53.3 Å². The van der Waals surface area contributed by atoms with Crippen molar-refractivity contribution in [1.29, 1.82) is 0 Å². The maximum Gasteiger partial charge on any atom is 0.0473 e. The molecule has 0 N–H and O–H groups in total. The molecule has 1 nitrogen and oxygen atoms in total. The normalized spacial score (nSPS) is 15.5. The summed E-state index contributed by atoms with van der Waals surface area (Å²) in [5.74, 6) is 0.705. The molecule has 1 fully saturated rings. The predicted molar refractivity (Wildman–Crippen MR) is 87.6 cm³/mol. The molecule has 0 unspecified atom stereocenters. The van der Waals surface area contributed by atoms with Crippen molar-refractivity contribution < 1.29 is 0 Å². The molecule has 5 rings (SSSR count). The first-order chi connectivity index (χ1) is 10.3. The van der Waals surface area contributed by atoms with Gasteiger partial charge in [0.1, 0.15) is 0 Å². The van der Waals surface area contributed by atoms with Gasteiger partial charge in [-0.05, 0) is 59.7 Å². The van der Waals surface area contributed by atoms with E-state index in [-0.39, 0.29) is 0 Å². The minimum absolute atomic E-state index is 0.705. The first-order valence-corrected chi connectivity index (χ1v) is 7.79. The van der Waals surface area contributed by atoms with E-state index in [9.17, 15) is 0 Å². The average molecular weight is 271 g/mol. The summed E-state index contributed by atoms with van der Waals surface area (Å²) in [5, 5.41) is 2.75. The Morgan fingerprint density at radius 1 is 0.905 bits per heavy atom. The molecule has 2 aromatic carbocycles. The van der Waals surface area contributed by atoms with Crippen LogP contribution in [-0.4, -0.2) is 4.98 Å². The molecule has 102 valence electrons. The lowest BCUT2D eigenvalue weighted by Crippen LogP contribution is -1.99. The number of aromatic nitrogens is 1. The summed E-state index contributed by atoms with van der Waals surface area (Å²) in [6.45, 7) is 4.44. The third kappa shape index (κ3) is 1.39. The van der Waals surface area contributed by atoms with Gasteiger partial charge in [0.2, 0.25) is 0 Å². The lowest BCUT2D eigenvalue weighted by molar-refractivity contribution is 0.976. The molecule has 0 spiro atoms. The Labute approximate surface area is 124 Å². The zero-order chi connectivity index (χ0) is 14.1. The van der Waals surface area contributed by atoms with Crippen LogP contribution >= 0.6 is 0 Å². The second-order valence-electron chi connectivity index (χ2n) is 6.44. The van der Waals surface area contributed by atoms with Crippen molar-refractivity contribution in [2.45, 2.75) is 32.6 Å². The highest BCUT2D eigenvalue weighted by Crippen LogP contribution is 2.52. The summed E-state index contributed by atoms with van der Waals surface area (Å²) in [6.07, 6.45) is 2.62. The van der Waals surface area contributed by atoms with E-state index in [1.807, 2.05) is 0 Å². The molecule has 1 saturated carbocycles. The van der Waals surface area contributed by atoms with E-state index in [4.69, 9.17) is 4.98 Å². The Kier molecular flexibility index (Phi) is 2.04. The maximum atomic E-state index is 4.98. The van der Waals surface area contributed by atoms with Crippen molar-refractivity contribution in [2.75, 3.05) is 0 Å². The quantitative estimate of drug-likeness (QED) is 0.453. The highest BCUT2D eigenvalue weighted by molar-refractivity contribution is 6.16. The third-order valence-corrected chi connectivity index (χ3v) is 5.07. The first kappa shape index (κ1) is 11.5. The van der Waals surface area contributed by atoms with E-state index in [2.05, 4.69) is 50.2 Å². The van der Waals surface area contributed by atoms with Gasteiger partial charge < -0.3 is 0 Å². The summed E-state index contributed by atoms with van der Waals surface area (Å²) in [5.41, 5.74) is 9.52. The SMILES string of the molecule is Cc1nc(C2CC2)c(C)c2c1-c1cccc3cccc-2c13. The number of hydrogen-bond donors (Lipinski definition) is 0. The topological polar surface area (TPSA) is 12.9 Å². The zero-order valence-corrected chi connectivity index (χ0v) is 12.4. The van der Waals surface area contributed by atoms with Crippen molar-refractivity contribution in [3.63, 3.8) is 0 Å². The van der Waals surface area contributed by atoms with Crippen molar-refractivity contribution in [2.24, 2.45) is 0 Å².